The van der Waals surface area contributed by atoms with Gasteiger partial charge in [-0.25, -0.2) is 0 Å². The molecule has 0 aromatic heterocycles. The second-order valence-corrected chi connectivity index (χ2v) is 18.2. The van der Waals surface area contributed by atoms with Crippen LogP contribution >= 0.6 is 0 Å². The molecule has 8 aromatic rings. The Morgan fingerprint density at radius 3 is 1.82 bits per heavy atom. The van der Waals surface area contributed by atoms with Gasteiger partial charge in [0.2, 0.25) is 0 Å². The number of rotatable bonds is 10. The quantitative estimate of drug-likeness (QED) is 0.127. The third kappa shape index (κ3) is 6.16. The summed E-state index contributed by atoms with van der Waals surface area (Å²) in [6, 6.07) is 67.2. The SMILES string of the molecule is CCCCc1ccc(N2B3c4cc5c(cc4N(c4ccc(CCCC)cc4-c4ccccc4)c4cc(-c6ccccc6)cc(c43)-c3ccccc32)C(C)(C)c2ccccc2-5)cc1. The number of nitrogens with zero attached hydrogens (tertiary/aromatic N) is 2. The Bertz CT molecular complexity index is 2970. The predicted octanol–water partition coefficient (Wildman–Crippen LogP) is 14.7. The van der Waals surface area contributed by atoms with E-state index in [0.29, 0.717) is 0 Å². The number of unbranched alkanes of at least 4 members (excludes halogenated alkanes) is 2. The zero-order chi connectivity index (χ0) is 42.0. The first-order chi connectivity index (χ1) is 30.4. The van der Waals surface area contributed by atoms with Gasteiger partial charge in [-0.05, 0) is 141 Å². The normalized spacial score (nSPS) is 13.9. The fraction of sp³-hybridized carbons (Fsp3) is 0.186. The third-order valence-electron chi connectivity index (χ3n) is 14.0. The predicted molar refractivity (Wildman–Crippen MR) is 266 cm³/mol. The highest BCUT2D eigenvalue weighted by molar-refractivity contribution is 6.93. The van der Waals surface area contributed by atoms with Crippen molar-refractivity contribution in [2.45, 2.75) is 71.6 Å². The third-order valence-corrected chi connectivity index (χ3v) is 14.0. The van der Waals surface area contributed by atoms with Crippen molar-refractivity contribution < 1.29 is 0 Å². The number of benzene rings is 8. The number of aryl methyl sites for hydroxylation is 2. The molecule has 0 bridgehead atoms. The van der Waals surface area contributed by atoms with Crippen LogP contribution in [0.4, 0.5) is 28.4 Å². The van der Waals surface area contributed by atoms with Crippen molar-refractivity contribution in [3.63, 3.8) is 0 Å². The van der Waals surface area contributed by atoms with Crippen LogP contribution in [0.3, 0.4) is 0 Å². The molecule has 0 fully saturated rings. The second kappa shape index (κ2) is 15.4. The van der Waals surface area contributed by atoms with Gasteiger partial charge in [-0.2, -0.15) is 0 Å². The molecule has 2 aliphatic heterocycles. The van der Waals surface area contributed by atoms with Gasteiger partial charge in [0.25, 0.3) is 0 Å². The minimum Gasteiger partial charge on any atom is -0.376 e. The molecule has 62 heavy (non-hydrogen) atoms. The Labute approximate surface area is 368 Å². The molecule has 302 valence electrons. The van der Waals surface area contributed by atoms with Crippen LogP contribution in [0.15, 0.2) is 176 Å². The number of hydrogen-bond donors (Lipinski definition) is 0. The van der Waals surface area contributed by atoms with E-state index in [4.69, 9.17) is 0 Å². The van der Waals surface area contributed by atoms with Crippen molar-refractivity contribution in [1.82, 2.24) is 0 Å². The molecule has 1 aliphatic carbocycles. The molecule has 0 saturated carbocycles. The minimum absolute atomic E-state index is 0.0716. The zero-order valence-electron chi connectivity index (χ0n) is 36.5. The topological polar surface area (TPSA) is 6.48 Å². The molecule has 0 radical (unpaired) electrons. The maximum absolute atomic E-state index is 2.66. The fourth-order valence-corrected chi connectivity index (χ4v) is 10.8. The molecule has 0 N–H and O–H groups in total. The first-order valence-electron chi connectivity index (χ1n) is 22.9. The molecule has 0 atom stereocenters. The molecule has 2 heterocycles. The molecular weight excluding hydrogens is 747 g/mol. The number of hydrogen-bond acceptors (Lipinski definition) is 2. The highest BCUT2D eigenvalue weighted by atomic mass is 15.2. The fourth-order valence-electron chi connectivity index (χ4n) is 10.8. The van der Waals surface area contributed by atoms with Gasteiger partial charge in [0.05, 0.1) is 5.69 Å². The van der Waals surface area contributed by atoms with Crippen molar-refractivity contribution >= 4 is 46.2 Å². The van der Waals surface area contributed by atoms with Crippen LogP contribution in [0.1, 0.15) is 75.6 Å². The summed E-state index contributed by atoms with van der Waals surface area (Å²) < 4.78 is 0. The van der Waals surface area contributed by atoms with Crippen molar-refractivity contribution in [3.8, 4) is 44.5 Å². The van der Waals surface area contributed by atoms with Crippen LogP contribution in [0.2, 0.25) is 0 Å². The molecule has 0 unspecified atom stereocenters. The summed E-state index contributed by atoms with van der Waals surface area (Å²) in [6.07, 6.45) is 6.91. The molecule has 11 rings (SSSR count). The monoisotopic (exact) mass is 800 g/mol. The van der Waals surface area contributed by atoms with Gasteiger partial charge >= 0.3 is 6.85 Å². The Hall–Kier alpha value is -6.58. The van der Waals surface area contributed by atoms with E-state index >= 15 is 0 Å². The second-order valence-electron chi connectivity index (χ2n) is 18.2. The number of anilines is 5. The first kappa shape index (κ1) is 38.4. The summed E-state index contributed by atoms with van der Waals surface area (Å²) in [6.45, 7) is 9.33. The van der Waals surface area contributed by atoms with E-state index in [1.807, 2.05) is 0 Å². The summed E-state index contributed by atoms with van der Waals surface area (Å²) in [5.74, 6) is 0. The van der Waals surface area contributed by atoms with E-state index in [2.05, 4.69) is 213 Å². The van der Waals surface area contributed by atoms with Crippen LogP contribution in [0.25, 0.3) is 44.5 Å². The lowest BCUT2D eigenvalue weighted by atomic mass is 9.43. The van der Waals surface area contributed by atoms with Gasteiger partial charge in [0.1, 0.15) is 0 Å². The molecule has 2 nitrogen and oxygen atoms in total. The van der Waals surface area contributed by atoms with Crippen molar-refractivity contribution in [3.05, 3.63) is 198 Å². The van der Waals surface area contributed by atoms with Crippen molar-refractivity contribution in [1.29, 1.82) is 0 Å². The van der Waals surface area contributed by atoms with E-state index in [0.717, 1.165) is 12.8 Å². The van der Waals surface area contributed by atoms with E-state index in [-0.39, 0.29) is 12.3 Å². The summed E-state index contributed by atoms with van der Waals surface area (Å²) in [4.78, 5) is 5.32. The average molecular weight is 801 g/mol. The molecule has 3 aliphatic rings. The smallest absolute Gasteiger partial charge is 0.333 e. The lowest BCUT2D eigenvalue weighted by Crippen LogP contribution is -2.61. The van der Waals surface area contributed by atoms with E-state index in [9.17, 15) is 0 Å². The first-order valence-corrected chi connectivity index (χ1v) is 22.9. The minimum atomic E-state index is -0.163. The molecule has 0 spiro atoms. The Kier molecular flexibility index (Phi) is 9.53. The van der Waals surface area contributed by atoms with E-state index in [1.165, 1.54) is 132 Å². The van der Waals surface area contributed by atoms with E-state index in [1.54, 1.807) is 0 Å². The maximum Gasteiger partial charge on any atom is 0.333 e. The Morgan fingerprint density at radius 1 is 0.435 bits per heavy atom. The van der Waals surface area contributed by atoms with E-state index < -0.39 is 0 Å². The van der Waals surface area contributed by atoms with Crippen molar-refractivity contribution in [2.75, 3.05) is 9.71 Å². The van der Waals surface area contributed by atoms with Crippen LogP contribution in [0.5, 0.6) is 0 Å². The van der Waals surface area contributed by atoms with Gasteiger partial charge in [-0.3, -0.25) is 0 Å². The maximum atomic E-state index is 2.66. The molecule has 0 saturated heterocycles. The number of fused-ring (bicyclic) bond motifs is 7. The molecular formula is C59H53BN2. The van der Waals surface area contributed by atoms with Crippen LogP contribution in [-0.4, -0.2) is 6.85 Å². The molecule has 8 aromatic carbocycles. The zero-order valence-corrected chi connectivity index (χ0v) is 36.5. The standard InChI is InChI=1S/C59H53BN2/c1-5-7-19-40-29-32-45(33-30-40)62-55-28-18-16-26-47(55)50-36-44(42-21-11-9-12-22-42)37-57-58(50)60(62)53-38-49-46-25-15-17-27-51(46)59(3,4)52(49)39-56(53)61(57)54-34-31-41(20-8-6-2)35-48(54)43-23-13-10-14-24-43/h9-18,21-39H,5-8,19-20H2,1-4H3. The van der Waals surface area contributed by atoms with Crippen LogP contribution in [0, 0.1) is 0 Å². The van der Waals surface area contributed by atoms with Gasteiger partial charge in [-0.1, -0.05) is 168 Å². The van der Waals surface area contributed by atoms with Gasteiger partial charge < -0.3 is 9.71 Å². The highest BCUT2D eigenvalue weighted by Gasteiger charge is 2.47. The lowest BCUT2D eigenvalue weighted by molar-refractivity contribution is 0.660. The van der Waals surface area contributed by atoms with Crippen LogP contribution in [-0.2, 0) is 18.3 Å². The Morgan fingerprint density at radius 2 is 1.08 bits per heavy atom. The van der Waals surface area contributed by atoms with Gasteiger partial charge in [-0.15, -0.1) is 0 Å². The average Bonchev–Trinajstić information content (AvgIpc) is 3.55. The van der Waals surface area contributed by atoms with Crippen LogP contribution < -0.4 is 20.6 Å². The molecule has 0 amide bonds. The van der Waals surface area contributed by atoms with Gasteiger partial charge in [0.15, 0.2) is 0 Å². The summed E-state index contributed by atoms with van der Waals surface area (Å²) >= 11 is 0. The van der Waals surface area contributed by atoms with Gasteiger partial charge in [0, 0.05) is 39.3 Å². The molecule has 3 heteroatoms. The Balaban J connectivity index is 1.26. The highest BCUT2D eigenvalue weighted by Crippen LogP contribution is 2.54. The summed E-state index contributed by atoms with van der Waals surface area (Å²) in [7, 11) is 0. The summed E-state index contributed by atoms with van der Waals surface area (Å²) in [5, 5.41) is 0. The largest absolute Gasteiger partial charge is 0.376 e. The van der Waals surface area contributed by atoms with Crippen molar-refractivity contribution in [2.24, 2.45) is 0 Å². The number of para-hydroxylation sites is 1. The summed E-state index contributed by atoms with van der Waals surface area (Å²) in [5.41, 5.74) is 24.5. The lowest BCUT2D eigenvalue weighted by Gasteiger charge is -2.46.